The van der Waals surface area contributed by atoms with Crippen LogP contribution in [0.2, 0.25) is 0 Å². The summed E-state index contributed by atoms with van der Waals surface area (Å²) in [6, 6.07) is 15.6. The van der Waals surface area contributed by atoms with Crippen LogP contribution in [0.25, 0.3) is 22.5 Å². The van der Waals surface area contributed by atoms with Crippen molar-refractivity contribution in [3.05, 3.63) is 60.9 Å². The maximum Gasteiger partial charge on any atom is 0.306 e. The summed E-state index contributed by atoms with van der Waals surface area (Å²) in [5.41, 5.74) is 2.87. The molecule has 186 valence electrons. The van der Waals surface area contributed by atoms with Crippen molar-refractivity contribution in [1.29, 1.82) is 0 Å². The van der Waals surface area contributed by atoms with Crippen molar-refractivity contribution in [2.24, 2.45) is 0 Å². The van der Waals surface area contributed by atoms with Gasteiger partial charge in [0.2, 0.25) is 0 Å². The predicted octanol–water partition coefficient (Wildman–Crippen LogP) is 6.88. The maximum absolute atomic E-state index is 11.7. The Kier molecular flexibility index (Phi) is 10.6. The highest BCUT2D eigenvalue weighted by atomic mass is 16.6. The summed E-state index contributed by atoms with van der Waals surface area (Å²) in [4.78, 5) is 20.8. The van der Waals surface area contributed by atoms with E-state index in [-0.39, 0.29) is 12.1 Å². The minimum absolute atomic E-state index is 0.173. The van der Waals surface area contributed by atoms with Gasteiger partial charge in [-0.1, -0.05) is 45.2 Å². The fourth-order valence-corrected chi connectivity index (χ4v) is 3.46. The summed E-state index contributed by atoms with van der Waals surface area (Å²) >= 11 is 0. The zero-order valence-electron chi connectivity index (χ0n) is 21.0. The largest absolute Gasteiger partial charge is 0.494 e. The van der Waals surface area contributed by atoms with Gasteiger partial charge in [0.1, 0.15) is 24.2 Å². The Hall–Kier alpha value is -3.41. The second kappa shape index (κ2) is 14.1. The SMILES string of the molecule is CCCCCOc1ccc(-c2ncc(-c3ccc(OCC(C)OC(=O)CCCC)cc3)cn2)cc1. The molecule has 0 bridgehead atoms. The van der Waals surface area contributed by atoms with Crippen LogP contribution in [-0.4, -0.2) is 35.3 Å². The molecule has 0 aliphatic rings. The number of hydrogen-bond acceptors (Lipinski definition) is 6. The molecular weight excluding hydrogens is 440 g/mol. The van der Waals surface area contributed by atoms with E-state index in [0.29, 0.717) is 18.9 Å². The maximum atomic E-state index is 11.7. The molecule has 0 aliphatic carbocycles. The molecule has 0 radical (unpaired) electrons. The molecule has 3 aromatic rings. The summed E-state index contributed by atoms with van der Waals surface area (Å²) in [7, 11) is 0. The summed E-state index contributed by atoms with van der Waals surface area (Å²) in [6.07, 6.45) is 9.08. The first-order chi connectivity index (χ1) is 17.1. The smallest absolute Gasteiger partial charge is 0.306 e. The van der Waals surface area contributed by atoms with Crippen LogP contribution in [0.15, 0.2) is 60.9 Å². The minimum atomic E-state index is -0.290. The molecular formula is C29H36N2O4. The molecule has 0 amide bonds. The summed E-state index contributed by atoms with van der Waals surface area (Å²) in [6.45, 7) is 7.13. The number of carbonyl (C=O) groups is 1. The van der Waals surface area contributed by atoms with Crippen LogP contribution in [0.5, 0.6) is 11.5 Å². The number of benzene rings is 2. The molecule has 35 heavy (non-hydrogen) atoms. The van der Waals surface area contributed by atoms with E-state index in [9.17, 15) is 4.79 Å². The highest BCUT2D eigenvalue weighted by Crippen LogP contribution is 2.24. The molecule has 6 nitrogen and oxygen atoms in total. The molecule has 1 unspecified atom stereocenters. The van der Waals surface area contributed by atoms with Gasteiger partial charge in [-0.15, -0.1) is 0 Å². The fourth-order valence-electron chi connectivity index (χ4n) is 3.46. The lowest BCUT2D eigenvalue weighted by Crippen LogP contribution is -2.21. The molecule has 0 N–H and O–H groups in total. The average Bonchev–Trinajstić information content (AvgIpc) is 2.89. The molecule has 0 saturated heterocycles. The van der Waals surface area contributed by atoms with Crippen LogP contribution in [0.4, 0.5) is 0 Å². The van der Waals surface area contributed by atoms with Crippen molar-refractivity contribution in [3.63, 3.8) is 0 Å². The monoisotopic (exact) mass is 476 g/mol. The number of ether oxygens (including phenoxy) is 3. The number of rotatable bonds is 14. The number of nitrogens with zero attached hydrogens (tertiary/aromatic N) is 2. The van der Waals surface area contributed by atoms with Crippen LogP contribution in [-0.2, 0) is 9.53 Å². The Balaban J connectivity index is 1.50. The summed E-state index contributed by atoms with van der Waals surface area (Å²) in [5, 5.41) is 0. The molecule has 1 heterocycles. The predicted molar refractivity (Wildman–Crippen MR) is 138 cm³/mol. The van der Waals surface area contributed by atoms with Crippen molar-refractivity contribution in [3.8, 4) is 34.0 Å². The third kappa shape index (κ3) is 8.71. The van der Waals surface area contributed by atoms with Gasteiger partial charge in [0, 0.05) is 29.9 Å². The zero-order chi connectivity index (χ0) is 24.9. The molecule has 1 atom stereocenters. The van der Waals surface area contributed by atoms with Gasteiger partial charge in [0.15, 0.2) is 5.82 Å². The molecule has 3 rings (SSSR count). The van der Waals surface area contributed by atoms with E-state index < -0.39 is 0 Å². The van der Waals surface area contributed by atoms with Gasteiger partial charge >= 0.3 is 5.97 Å². The van der Waals surface area contributed by atoms with Crippen LogP contribution < -0.4 is 9.47 Å². The van der Waals surface area contributed by atoms with Crippen LogP contribution in [0, 0.1) is 0 Å². The third-order valence-corrected chi connectivity index (χ3v) is 5.52. The lowest BCUT2D eigenvalue weighted by atomic mass is 10.1. The van der Waals surface area contributed by atoms with Crippen LogP contribution in [0.1, 0.15) is 59.3 Å². The van der Waals surface area contributed by atoms with Crippen molar-refractivity contribution in [2.75, 3.05) is 13.2 Å². The Morgan fingerprint density at radius 2 is 1.37 bits per heavy atom. The molecule has 0 aliphatic heterocycles. The topological polar surface area (TPSA) is 70.5 Å². The second-order valence-corrected chi connectivity index (χ2v) is 8.61. The molecule has 0 fully saturated rings. The zero-order valence-corrected chi connectivity index (χ0v) is 21.0. The molecule has 0 spiro atoms. The van der Waals surface area contributed by atoms with Crippen LogP contribution in [0.3, 0.4) is 0 Å². The van der Waals surface area contributed by atoms with E-state index in [1.54, 1.807) is 0 Å². The van der Waals surface area contributed by atoms with Gasteiger partial charge in [0.25, 0.3) is 0 Å². The van der Waals surface area contributed by atoms with Gasteiger partial charge in [-0.3, -0.25) is 4.79 Å². The van der Waals surface area contributed by atoms with E-state index in [1.807, 2.05) is 74.8 Å². The quantitative estimate of drug-likeness (QED) is 0.187. The Morgan fingerprint density at radius 1 is 0.771 bits per heavy atom. The lowest BCUT2D eigenvalue weighted by molar-refractivity contribution is -0.149. The standard InChI is InChI=1S/C29H36N2O4/c1-4-6-8-18-33-26-16-12-24(13-17-26)29-30-19-25(20-31-29)23-10-14-27(15-11-23)34-21-22(3)35-28(32)9-7-5-2/h10-17,19-20,22H,4-9,18,21H2,1-3H3. The van der Waals surface area contributed by atoms with Gasteiger partial charge in [-0.25, -0.2) is 9.97 Å². The molecule has 6 heteroatoms. The van der Waals surface area contributed by atoms with E-state index in [4.69, 9.17) is 14.2 Å². The number of unbranched alkanes of at least 4 members (excludes halogenated alkanes) is 3. The van der Waals surface area contributed by atoms with Crippen molar-refractivity contribution < 1.29 is 19.0 Å². The molecule has 0 saturated carbocycles. The van der Waals surface area contributed by atoms with Gasteiger partial charge in [-0.05, 0) is 61.7 Å². The van der Waals surface area contributed by atoms with Gasteiger partial charge < -0.3 is 14.2 Å². The van der Waals surface area contributed by atoms with Gasteiger partial charge in [-0.2, -0.15) is 0 Å². The fraction of sp³-hybridized carbons (Fsp3) is 0.414. The van der Waals surface area contributed by atoms with E-state index in [2.05, 4.69) is 16.9 Å². The van der Waals surface area contributed by atoms with Crippen LogP contribution >= 0.6 is 0 Å². The summed E-state index contributed by atoms with van der Waals surface area (Å²) in [5.74, 6) is 2.09. The second-order valence-electron chi connectivity index (χ2n) is 8.61. The summed E-state index contributed by atoms with van der Waals surface area (Å²) < 4.78 is 16.9. The lowest BCUT2D eigenvalue weighted by Gasteiger charge is -2.14. The van der Waals surface area contributed by atoms with Crippen molar-refractivity contribution in [1.82, 2.24) is 9.97 Å². The number of aromatic nitrogens is 2. The first-order valence-electron chi connectivity index (χ1n) is 12.6. The third-order valence-electron chi connectivity index (χ3n) is 5.52. The normalized spacial score (nSPS) is 11.6. The molecule has 2 aromatic carbocycles. The first-order valence-corrected chi connectivity index (χ1v) is 12.6. The Labute approximate surface area is 208 Å². The highest BCUT2D eigenvalue weighted by Gasteiger charge is 2.10. The van der Waals surface area contributed by atoms with E-state index in [0.717, 1.165) is 54.1 Å². The van der Waals surface area contributed by atoms with Crippen molar-refractivity contribution >= 4 is 5.97 Å². The van der Waals surface area contributed by atoms with E-state index >= 15 is 0 Å². The number of esters is 1. The first kappa shape index (κ1) is 26.2. The van der Waals surface area contributed by atoms with Crippen molar-refractivity contribution in [2.45, 2.75) is 65.4 Å². The van der Waals surface area contributed by atoms with E-state index in [1.165, 1.54) is 12.8 Å². The number of hydrogen-bond donors (Lipinski definition) is 0. The Bertz CT molecular complexity index is 1020. The Morgan fingerprint density at radius 3 is 2.00 bits per heavy atom. The molecule has 1 aromatic heterocycles. The minimum Gasteiger partial charge on any atom is -0.494 e. The van der Waals surface area contributed by atoms with Gasteiger partial charge in [0.05, 0.1) is 6.61 Å². The highest BCUT2D eigenvalue weighted by molar-refractivity contribution is 5.69. The average molecular weight is 477 g/mol. The number of carbonyl (C=O) groups excluding carboxylic acids is 1.